The number of nitrogens with one attached hydrogen (secondary N) is 4. The van der Waals surface area contributed by atoms with Crippen LogP contribution in [0.3, 0.4) is 0 Å². The van der Waals surface area contributed by atoms with Gasteiger partial charge in [0.05, 0.1) is 36.4 Å². The van der Waals surface area contributed by atoms with E-state index in [2.05, 4.69) is 41.4 Å². The highest BCUT2D eigenvalue weighted by molar-refractivity contribution is 6.30. The molecule has 3 heterocycles. The summed E-state index contributed by atoms with van der Waals surface area (Å²) in [4.78, 5) is 45.8. The Morgan fingerprint density at radius 3 is 2.79 bits per heavy atom. The molecule has 1 aliphatic heterocycles. The maximum absolute atomic E-state index is 13.1. The minimum Gasteiger partial charge on any atom is -0.453 e. The number of hydrogen-bond donors (Lipinski definition) is 4. The summed E-state index contributed by atoms with van der Waals surface area (Å²) in [7, 11) is 1.28. The highest BCUT2D eigenvalue weighted by Gasteiger charge is 2.22. The quantitative estimate of drug-likeness (QED) is 0.233. The number of anilines is 2. The number of imidazole rings is 1. The molecule has 4 aromatic rings. The van der Waals surface area contributed by atoms with Crippen molar-refractivity contribution < 1.29 is 19.1 Å². The molecule has 2 aromatic heterocycles. The van der Waals surface area contributed by atoms with Gasteiger partial charge in [0.15, 0.2) is 0 Å². The van der Waals surface area contributed by atoms with Crippen LogP contribution < -0.4 is 16.0 Å². The molecule has 1 unspecified atom stereocenters. The van der Waals surface area contributed by atoms with Crippen molar-refractivity contribution in [3.8, 4) is 16.9 Å². The number of amides is 3. The molecule has 1 aliphatic rings. The zero-order valence-corrected chi connectivity index (χ0v) is 24.3. The summed E-state index contributed by atoms with van der Waals surface area (Å²) in [5.41, 5.74) is 3.61. The van der Waals surface area contributed by atoms with Crippen molar-refractivity contribution in [3.05, 3.63) is 71.4 Å². The van der Waals surface area contributed by atoms with Crippen LogP contribution in [0.25, 0.3) is 23.0 Å². The van der Waals surface area contributed by atoms with Gasteiger partial charge in [-0.2, -0.15) is 4.68 Å². The SMILES string of the molecule is COC(=O)Nc1ccc2c(c1)NC(=O)C(C)CCCC[C@H](NC(=O)/C=C/c1cc(Cl)ccc1-n1cnnn1)c1ncc-2[nH]1. The van der Waals surface area contributed by atoms with E-state index in [4.69, 9.17) is 16.3 Å². The Kier molecular flexibility index (Phi) is 9.11. The average molecular weight is 604 g/mol. The lowest BCUT2D eigenvalue weighted by Gasteiger charge is -2.16. The molecule has 43 heavy (non-hydrogen) atoms. The normalized spacial score (nSPS) is 17.1. The zero-order chi connectivity index (χ0) is 30.3. The van der Waals surface area contributed by atoms with Crippen molar-refractivity contribution in [1.82, 2.24) is 35.5 Å². The van der Waals surface area contributed by atoms with Crippen molar-refractivity contribution in [3.63, 3.8) is 0 Å². The molecule has 222 valence electrons. The molecule has 0 aliphatic carbocycles. The molecule has 13 nitrogen and oxygen atoms in total. The van der Waals surface area contributed by atoms with Gasteiger partial charge in [-0.05, 0) is 65.7 Å². The highest BCUT2D eigenvalue weighted by atomic mass is 35.5. The van der Waals surface area contributed by atoms with Crippen LogP contribution >= 0.6 is 11.6 Å². The first-order valence-electron chi connectivity index (χ1n) is 13.7. The number of nitrogens with zero attached hydrogens (tertiary/aromatic N) is 5. The Bertz CT molecular complexity index is 1650. The van der Waals surface area contributed by atoms with E-state index in [0.717, 1.165) is 12.8 Å². The average Bonchev–Trinajstić information content (AvgIpc) is 3.70. The number of carbonyl (C=O) groups excluding carboxylic acids is 3. The van der Waals surface area contributed by atoms with Crippen LogP contribution in [0.2, 0.25) is 5.02 Å². The van der Waals surface area contributed by atoms with Gasteiger partial charge in [-0.25, -0.2) is 9.78 Å². The molecular formula is C29H30ClN9O4. The summed E-state index contributed by atoms with van der Waals surface area (Å²) >= 11 is 6.21. The molecule has 2 bridgehead atoms. The number of fused-ring (bicyclic) bond motifs is 4. The van der Waals surface area contributed by atoms with Crippen LogP contribution in [0, 0.1) is 5.92 Å². The molecule has 2 aromatic carbocycles. The fourth-order valence-electron chi connectivity index (χ4n) is 4.77. The molecular weight excluding hydrogens is 574 g/mol. The minimum atomic E-state index is -0.622. The number of aromatic amines is 1. The second-order valence-electron chi connectivity index (χ2n) is 10.1. The molecule has 4 N–H and O–H groups in total. The van der Waals surface area contributed by atoms with Crippen LogP contribution in [-0.2, 0) is 14.3 Å². The highest BCUT2D eigenvalue weighted by Crippen LogP contribution is 2.32. The number of ether oxygens (including phenoxy) is 1. The maximum Gasteiger partial charge on any atom is 0.411 e. The minimum absolute atomic E-state index is 0.132. The zero-order valence-electron chi connectivity index (χ0n) is 23.5. The van der Waals surface area contributed by atoms with Gasteiger partial charge in [-0.1, -0.05) is 31.4 Å². The summed E-state index contributed by atoms with van der Waals surface area (Å²) < 4.78 is 6.18. The first-order valence-corrected chi connectivity index (χ1v) is 14.0. The smallest absolute Gasteiger partial charge is 0.411 e. The van der Waals surface area contributed by atoms with Gasteiger partial charge in [0, 0.05) is 33.8 Å². The Balaban J connectivity index is 1.40. The summed E-state index contributed by atoms with van der Waals surface area (Å²) in [6.07, 6.45) is 8.40. The van der Waals surface area contributed by atoms with E-state index in [9.17, 15) is 14.4 Å². The predicted molar refractivity (Wildman–Crippen MR) is 160 cm³/mol. The van der Waals surface area contributed by atoms with Crippen LogP contribution in [0.1, 0.15) is 50.0 Å². The summed E-state index contributed by atoms with van der Waals surface area (Å²) in [5.74, 6) is -0.118. The van der Waals surface area contributed by atoms with Gasteiger partial charge >= 0.3 is 6.09 Å². The van der Waals surface area contributed by atoms with E-state index in [1.165, 1.54) is 24.2 Å². The largest absolute Gasteiger partial charge is 0.453 e. The molecule has 0 fully saturated rings. The third-order valence-corrected chi connectivity index (χ3v) is 7.30. The second-order valence-corrected chi connectivity index (χ2v) is 10.5. The lowest BCUT2D eigenvalue weighted by Crippen LogP contribution is -2.27. The van der Waals surface area contributed by atoms with Gasteiger partial charge in [-0.3, -0.25) is 14.9 Å². The molecule has 0 saturated heterocycles. The Morgan fingerprint density at radius 1 is 1.16 bits per heavy atom. The number of hydrogen-bond acceptors (Lipinski definition) is 8. The summed E-state index contributed by atoms with van der Waals surface area (Å²) in [6.45, 7) is 1.88. The van der Waals surface area contributed by atoms with Crippen molar-refractivity contribution >= 4 is 47.0 Å². The molecule has 5 rings (SSSR count). The molecule has 0 radical (unpaired) electrons. The van der Waals surface area contributed by atoms with Crippen molar-refractivity contribution in [2.75, 3.05) is 17.7 Å². The van der Waals surface area contributed by atoms with Crippen molar-refractivity contribution in [2.24, 2.45) is 5.92 Å². The predicted octanol–water partition coefficient (Wildman–Crippen LogP) is 4.90. The van der Waals surface area contributed by atoms with E-state index in [1.54, 1.807) is 48.7 Å². The lowest BCUT2D eigenvalue weighted by molar-refractivity contribution is -0.119. The standard InChI is InChI=1S/C29H30ClN9O4/c1-17-5-3-4-6-22(34-26(40)12-7-18-13-19(30)8-11-25(18)39-16-32-37-38-39)27-31-15-24(35-27)21-10-9-20(33-29(42)43-2)14-23(21)36-28(17)41/h7-17,22H,3-6H2,1-2H3,(H,31,35)(H,33,42)(H,34,40)(H,36,41)/b12-7+/t17?,22-/m0/s1. The van der Waals surface area contributed by atoms with E-state index >= 15 is 0 Å². The van der Waals surface area contributed by atoms with E-state index < -0.39 is 12.1 Å². The lowest BCUT2D eigenvalue weighted by atomic mass is 10.00. The monoisotopic (exact) mass is 603 g/mol. The van der Waals surface area contributed by atoms with Crippen LogP contribution in [-0.4, -0.2) is 55.2 Å². The molecule has 14 heteroatoms. The van der Waals surface area contributed by atoms with Gasteiger partial charge in [0.25, 0.3) is 0 Å². The van der Waals surface area contributed by atoms with Gasteiger partial charge < -0.3 is 20.4 Å². The number of carbonyl (C=O) groups is 3. The Labute approximate surface area is 252 Å². The Hall–Kier alpha value is -5.04. The molecule has 2 atom stereocenters. The molecule has 0 spiro atoms. The van der Waals surface area contributed by atoms with Crippen molar-refractivity contribution in [1.29, 1.82) is 0 Å². The summed E-state index contributed by atoms with van der Waals surface area (Å²) in [6, 6.07) is 9.94. The van der Waals surface area contributed by atoms with Gasteiger partial charge in [-0.15, -0.1) is 5.10 Å². The summed E-state index contributed by atoms with van der Waals surface area (Å²) in [5, 5.41) is 20.5. The number of halogens is 1. The number of methoxy groups -OCH3 is 1. The number of benzene rings is 2. The fourth-order valence-corrected chi connectivity index (χ4v) is 4.95. The van der Waals surface area contributed by atoms with Crippen LogP contribution in [0.4, 0.5) is 16.2 Å². The number of tetrazole rings is 1. The first kappa shape index (κ1) is 29.5. The Morgan fingerprint density at radius 2 is 2.00 bits per heavy atom. The molecule has 3 amide bonds. The van der Waals surface area contributed by atoms with Crippen molar-refractivity contribution in [2.45, 2.75) is 38.6 Å². The van der Waals surface area contributed by atoms with E-state index in [1.807, 2.05) is 6.92 Å². The van der Waals surface area contributed by atoms with E-state index in [0.29, 0.717) is 57.6 Å². The van der Waals surface area contributed by atoms with Gasteiger partial charge in [0.2, 0.25) is 11.8 Å². The van der Waals surface area contributed by atoms with E-state index in [-0.39, 0.29) is 17.7 Å². The maximum atomic E-state index is 13.1. The van der Waals surface area contributed by atoms with Gasteiger partial charge in [0.1, 0.15) is 12.2 Å². The topological polar surface area (TPSA) is 169 Å². The van der Waals surface area contributed by atoms with Crippen LogP contribution in [0.15, 0.2) is 55.0 Å². The fraction of sp³-hybridized carbons (Fsp3) is 0.276. The number of rotatable bonds is 5. The van der Waals surface area contributed by atoms with Crippen LogP contribution in [0.5, 0.6) is 0 Å². The number of H-pyrrole nitrogens is 1. The third-order valence-electron chi connectivity index (χ3n) is 7.07. The second kappa shape index (κ2) is 13.3. The first-order chi connectivity index (χ1) is 20.8. The number of aromatic nitrogens is 6. The molecule has 0 saturated carbocycles. The third kappa shape index (κ3) is 7.25.